The summed E-state index contributed by atoms with van der Waals surface area (Å²) in [4.78, 5) is 11.9. The lowest BCUT2D eigenvalue weighted by atomic mass is 10.1. The van der Waals surface area contributed by atoms with E-state index < -0.39 is 0 Å². The molecule has 0 aromatic heterocycles. The van der Waals surface area contributed by atoms with Gasteiger partial charge >= 0.3 is 6.03 Å². The van der Waals surface area contributed by atoms with E-state index in [2.05, 4.69) is 10.6 Å². The number of ether oxygens (including phenoxy) is 1. The molecule has 0 aliphatic heterocycles. The summed E-state index contributed by atoms with van der Waals surface area (Å²) in [5, 5.41) is 14.9. The van der Waals surface area contributed by atoms with Gasteiger partial charge in [0.05, 0.1) is 19.2 Å². The van der Waals surface area contributed by atoms with Crippen LogP contribution in [0.3, 0.4) is 0 Å². The Morgan fingerprint density at radius 3 is 2.54 bits per heavy atom. The number of para-hydroxylation sites is 1. The van der Waals surface area contributed by atoms with E-state index in [0.717, 1.165) is 16.9 Å². The van der Waals surface area contributed by atoms with Gasteiger partial charge < -0.3 is 20.5 Å². The summed E-state index contributed by atoms with van der Waals surface area (Å²) in [6, 6.07) is 16.9. The maximum Gasteiger partial charge on any atom is 0.315 e. The molecule has 5 heteroatoms. The van der Waals surface area contributed by atoms with Crippen molar-refractivity contribution in [3.05, 3.63) is 65.7 Å². The fourth-order valence-electron chi connectivity index (χ4n) is 2.34. The van der Waals surface area contributed by atoms with Crippen LogP contribution in [-0.4, -0.2) is 36.9 Å². The Balaban J connectivity index is 1.69. The van der Waals surface area contributed by atoms with Gasteiger partial charge in [-0.15, -0.1) is 0 Å². The molecule has 3 N–H and O–H groups in total. The summed E-state index contributed by atoms with van der Waals surface area (Å²) < 4.78 is 5.62. The molecule has 0 aliphatic carbocycles. The predicted octanol–water partition coefficient (Wildman–Crippen LogP) is 2.28. The van der Waals surface area contributed by atoms with Gasteiger partial charge in [0.2, 0.25) is 0 Å². The predicted molar refractivity (Wildman–Crippen MR) is 94.2 cm³/mol. The standard InChI is InChI=1S/C19H24N2O3/c1-15-7-5-6-10-18(15)24-12-11-20-19(23)21-17(14-22)13-16-8-3-2-4-9-16/h2-10,17,22H,11-14H2,1H3,(H2,20,21,23). The smallest absolute Gasteiger partial charge is 0.315 e. The van der Waals surface area contributed by atoms with Gasteiger partial charge in [0, 0.05) is 0 Å². The molecule has 2 rings (SSSR count). The Morgan fingerprint density at radius 2 is 1.83 bits per heavy atom. The molecule has 0 saturated heterocycles. The fourth-order valence-corrected chi connectivity index (χ4v) is 2.34. The van der Waals surface area contributed by atoms with E-state index in [1.165, 1.54) is 0 Å². The zero-order valence-electron chi connectivity index (χ0n) is 13.9. The number of aryl methyl sites for hydroxylation is 1. The first-order valence-electron chi connectivity index (χ1n) is 8.06. The van der Waals surface area contributed by atoms with Crippen LogP contribution in [0.2, 0.25) is 0 Å². The summed E-state index contributed by atoms with van der Waals surface area (Å²) >= 11 is 0. The molecule has 1 atom stereocenters. The van der Waals surface area contributed by atoms with Crippen molar-refractivity contribution in [1.82, 2.24) is 10.6 Å². The Bertz CT molecular complexity index is 632. The van der Waals surface area contributed by atoms with Crippen molar-refractivity contribution in [1.29, 1.82) is 0 Å². The van der Waals surface area contributed by atoms with Crippen molar-refractivity contribution in [2.24, 2.45) is 0 Å². The Hall–Kier alpha value is -2.53. The second-order valence-electron chi connectivity index (χ2n) is 5.58. The molecule has 2 aromatic rings. The molecule has 0 heterocycles. The van der Waals surface area contributed by atoms with E-state index >= 15 is 0 Å². The third kappa shape index (κ3) is 5.93. The normalized spacial score (nSPS) is 11.6. The SMILES string of the molecule is Cc1ccccc1OCCNC(=O)NC(CO)Cc1ccccc1. The number of aliphatic hydroxyl groups excluding tert-OH is 1. The van der Waals surface area contributed by atoms with Crippen LogP contribution in [0, 0.1) is 6.92 Å². The molecule has 2 aromatic carbocycles. The highest BCUT2D eigenvalue weighted by molar-refractivity contribution is 5.74. The molecule has 0 radical (unpaired) electrons. The average Bonchev–Trinajstić information content (AvgIpc) is 2.60. The topological polar surface area (TPSA) is 70.6 Å². The Labute approximate surface area is 142 Å². The number of aliphatic hydroxyl groups is 1. The molecular weight excluding hydrogens is 304 g/mol. The van der Waals surface area contributed by atoms with E-state index in [1.807, 2.05) is 61.5 Å². The van der Waals surface area contributed by atoms with Crippen molar-refractivity contribution in [2.45, 2.75) is 19.4 Å². The fraction of sp³-hybridized carbons (Fsp3) is 0.316. The van der Waals surface area contributed by atoms with Crippen molar-refractivity contribution < 1.29 is 14.6 Å². The monoisotopic (exact) mass is 328 g/mol. The van der Waals surface area contributed by atoms with Crippen LogP contribution in [0.1, 0.15) is 11.1 Å². The zero-order chi connectivity index (χ0) is 17.2. The number of amides is 2. The van der Waals surface area contributed by atoms with Gasteiger partial charge in [-0.05, 0) is 30.5 Å². The third-order valence-corrected chi connectivity index (χ3v) is 3.62. The second kappa shape index (κ2) is 9.57. The van der Waals surface area contributed by atoms with E-state index in [4.69, 9.17) is 4.74 Å². The molecule has 128 valence electrons. The lowest BCUT2D eigenvalue weighted by Crippen LogP contribution is -2.45. The Morgan fingerprint density at radius 1 is 1.12 bits per heavy atom. The Kier molecular flexibility index (Phi) is 7.11. The van der Waals surface area contributed by atoms with Gasteiger partial charge in [-0.2, -0.15) is 0 Å². The number of urea groups is 1. The number of rotatable bonds is 8. The van der Waals surface area contributed by atoms with Crippen LogP contribution in [-0.2, 0) is 6.42 Å². The van der Waals surface area contributed by atoms with E-state index in [9.17, 15) is 9.90 Å². The van der Waals surface area contributed by atoms with Crippen molar-refractivity contribution in [3.8, 4) is 5.75 Å². The lowest BCUT2D eigenvalue weighted by Gasteiger charge is -2.17. The summed E-state index contributed by atoms with van der Waals surface area (Å²) in [6.45, 7) is 2.65. The highest BCUT2D eigenvalue weighted by Crippen LogP contribution is 2.15. The minimum absolute atomic E-state index is 0.109. The maximum atomic E-state index is 11.9. The first-order chi connectivity index (χ1) is 11.7. The summed E-state index contributed by atoms with van der Waals surface area (Å²) in [5.74, 6) is 0.817. The second-order valence-corrected chi connectivity index (χ2v) is 5.58. The quantitative estimate of drug-likeness (QED) is 0.651. The molecule has 0 saturated carbocycles. The number of benzene rings is 2. The number of nitrogens with one attached hydrogen (secondary N) is 2. The molecular formula is C19H24N2O3. The zero-order valence-corrected chi connectivity index (χ0v) is 13.9. The van der Waals surface area contributed by atoms with Crippen molar-refractivity contribution >= 4 is 6.03 Å². The first kappa shape index (κ1) is 17.8. The minimum Gasteiger partial charge on any atom is -0.491 e. The molecule has 24 heavy (non-hydrogen) atoms. The van der Waals surface area contributed by atoms with E-state index in [0.29, 0.717) is 19.6 Å². The van der Waals surface area contributed by atoms with Crippen LogP contribution in [0.25, 0.3) is 0 Å². The minimum atomic E-state index is -0.315. The van der Waals surface area contributed by atoms with E-state index in [1.54, 1.807) is 0 Å². The summed E-state index contributed by atoms with van der Waals surface area (Å²) in [5.41, 5.74) is 2.13. The van der Waals surface area contributed by atoms with Crippen LogP contribution in [0.5, 0.6) is 5.75 Å². The molecule has 5 nitrogen and oxygen atoms in total. The van der Waals surface area contributed by atoms with Crippen molar-refractivity contribution in [2.75, 3.05) is 19.8 Å². The van der Waals surface area contributed by atoms with Gasteiger partial charge in [0.15, 0.2) is 0 Å². The first-order valence-corrected chi connectivity index (χ1v) is 8.06. The molecule has 0 spiro atoms. The molecule has 0 fully saturated rings. The van der Waals surface area contributed by atoms with Crippen LogP contribution >= 0.6 is 0 Å². The highest BCUT2D eigenvalue weighted by atomic mass is 16.5. The van der Waals surface area contributed by atoms with Crippen LogP contribution in [0.15, 0.2) is 54.6 Å². The highest BCUT2D eigenvalue weighted by Gasteiger charge is 2.11. The molecule has 2 amide bonds. The maximum absolute atomic E-state index is 11.9. The van der Waals surface area contributed by atoms with Crippen molar-refractivity contribution in [3.63, 3.8) is 0 Å². The van der Waals surface area contributed by atoms with Gasteiger partial charge in [-0.3, -0.25) is 0 Å². The summed E-state index contributed by atoms with van der Waals surface area (Å²) in [7, 11) is 0. The van der Waals surface area contributed by atoms with Crippen LogP contribution < -0.4 is 15.4 Å². The number of carbonyl (C=O) groups excluding carboxylic acids is 1. The van der Waals surface area contributed by atoms with Gasteiger partial charge in [0.1, 0.15) is 12.4 Å². The molecule has 0 bridgehead atoms. The van der Waals surface area contributed by atoms with Gasteiger partial charge in [-0.25, -0.2) is 4.79 Å². The summed E-state index contributed by atoms with van der Waals surface area (Å²) in [6.07, 6.45) is 0.588. The number of carbonyl (C=O) groups is 1. The number of hydrogen-bond donors (Lipinski definition) is 3. The molecule has 0 aliphatic rings. The molecule has 1 unspecified atom stereocenters. The number of hydrogen-bond acceptors (Lipinski definition) is 3. The van der Waals surface area contributed by atoms with Crippen LogP contribution in [0.4, 0.5) is 4.79 Å². The third-order valence-electron chi connectivity index (χ3n) is 3.62. The average molecular weight is 328 g/mol. The van der Waals surface area contributed by atoms with Gasteiger partial charge in [0.25, 0.3) is 0 Å². The lowest BCUT2D eigenvalue weighted by molar-refractivity contribution is 0.213. The van der Waals surface area contributed by atoms with Gasteiger partial charge in [-0.1, -0.05) is 48.5 Å². The largest absolute Gasteiger partial charge is 0.491 e. The van der Waals surface area contributed by atoms with E-state index in [-0.39, 0.29) is 18.7 Å².